The van der Waals surface area contributed by atoms with Crippen LogP contribution in [0.2, 0.25) is 10.0 Å². The average molecular weight is 422 g/mol. The molecule has 0 aromatic heterocycles. The zero-order valence-corrected chi connectivity index (χ0v) is 17.6. The molecule has 150 valence electrons. The fourth-order valence-electron chi connectivity index (χ4n) is 3.46. The Labute approximate surface area is 176 Å². The number of carbonyl (C=O) groups is 1. The molecular weight excluding hydrogens is 397 g/mol. The van der Waals surface area contributed by atoms with Gasteiger partial charge < -0.3 is 15.0 Å². The van der Waals surface area contributed by atoms with Gasteiger partial charge in [-0.25, -0.2) is 0 Å². The van der Waals surface area contributed by atoms with Gasteiger partial charge in [-0.3, -0.25) is 9.69 Å². The van der Waals surface area contributed by atoms with E-state index in [9.17, 15) is 4.79 Å². The van der Waals surface area contributed by atoms with Crippen molar-refractivity contribution in [3.8, 4) is 5.75 Å². The number of carbonyl (C=O) groups excluding carboxylic acids is 1. The van der Waals surface area contributed by atoms with Crippen molar-refractivity contribution < 1.29 is 9.53 Å². The van der Waals surface area contributed by atoms with Crippen LogP contribution in [0.3, 0.4) is 0 Å². The van der Waals surface area contributed by atoms with Gasteiger partial charge in [-0.15, -0.1) is 0 Å². The van der Waals surface area contributed by atoms with Crippen LogP contribution in [0.15, 0.2) is 42.5 Å². The van der Waals surface area contributed by atoms with E-state index in [2.05, 4.69) is 21.2 Å². The standard InChI is InChI=1S/C21H25Cl2N3O2/c1-15(17-8-7-16(22)13-18(17)23)24-21(27)14-25-9-11-26(12-10-25)19-5-3-4-6-20(19)28-2/h3-8,13,15H,9-12,14H2,1-2H3,(H,24,27)/t15-/m0/s1. The zero-order chi connectivity index (χ0) is 20.1. The molecule has 1 heterocycles. The van der Waals surface area contributed by atoms with E-state index in [1.165, 1.54) is 0 Å². The van der Waals surface area contributed by atoms with Gasteiger partial charge in [0.2, 0.25) is 5.91 Å². The number of nitrogens with zero attached hydrogens (tertiary/aromatic N) is 2. The van der Waals surface area contributed by atoms with Crippen LogP contribution in [0.5, 0.6) is 5.75 Å². The van der Waals surface area contributed by atoms with Gasteiger partial charge in [0.1, 0.15) is 5.75 Å². The third-order valence-corrected chi connectivity index (χ3v) is 5.53. The highest BCUT2D eigenvalue weighted by Gasteiger charge is 2.22. The summed E-state index contributed by atoms with van der Waals surface area (Å²) in [6, 6.07) is 13.2. The summed E-state index contributed by atoms with van der Waals surface area (Å²) in [7, 11) is 1.69. The first-order chi connectivity index (χ1) is 13.5. The summed E-state index contributed by atoms with van der Waals surface area (Å²) in [5.74, 6) is 0.867. The number of nitrogens with one attached hydrogen (secondary N) is 1. The molecule has 0 bridgehead atoms. The van der Waals surface area contributed by atoms with Crippen LogP contribution in [0.25, 0.3) is 0 Å². The summed E-state index contributed by atoms with van der Waals surface area (Å²) in [5, 5.41) is 4.17. The van der Waals surface area contributed by atoms with E-state index in [0.717, 1.165) is 43.2 Å². The van der Waals surface area contributed by atoms with Crippen LogP contribution in [0.4, 0.5) is 5.69 Å². The van der Waals surface area contributed by atoms with Gasteiger partial charge >= 0.3 is 0 Å². The highest BCUT2D eigenvalue weighted by Crippen LogP contribution is 2.28. The van der Waals surface area contributed by atoms with Crippen LogP contribution < -0.4 is 15.0 Å². The molecule has 1 aliphatic heterocycles. The van der Waals surface area contributed by atoms with E-state index in [0.29, 0.717) is 16.6 Å². The lowest BCUT2D eigenvalue weighted by molar-refractivity contribution is -0.123. The fraction of sp³-hybridized carbons (Fsp3) is 0.381. The highest BCUT2D eigenvalue weighted by molar-refractivity contribution is 6.35. The van der Waals surface area contributed by atoms with Crippen molar-refractivity contribution in [3.05, 3.63) is 58.1 Å². The van der Waals surface area contributed by atoms with E-state index in [4.69, 9.17) is 27.9 Å². The zero-order valence-electron chi connectivity index (χ0n) is 16.1. The molecule has 1 N–H and O–H groups in total. The first-order valence-corrected chi connectivity index (χ1v) is 10.1. The van der Waals surface area contributed by atoms with Gasteiger partial charge in [-0.1, -0.05) is 41.4 Å². The van der Waals surface area contributed by atoms with Crippen molar-refractivity contribution in [1.29, 1.82) is 0 Å². The van der Waals surface area contributed by atoms with Crippen molar-refractivity contribution in [1.82, 2.24) is 10.2 Å². The summed E-state index contributed by atoms with van der Waals surface area (Å²) < 4.78 is 5.45. The number of amides is 1. The Morgan fingerprint density at radius 3 is 2.54 bits per heavy atom. The predicted octanol–water partition coefficient (Wildman–Crippen LogP) is 4.00. The SMILES string of the molecule is COc1ccccc1N1CCN(CC(=O)N[C@@H](C)c2ccc(Cl)cc2Cl)CC1. The van der Waals surface area contributed by atoms with Crippen LogP contribution in [0.1, 0.15) is 18.5 Å². The maximum atomic E-state index is 12.5. The molecule has 1 saturated heterocycles. The van der Waals surface area contributed by atoms with Crippen molar-refractivity contribution >= 4 is 34.8 Å². The van der Waals surface area contributed by atoms with Gasteiger partial charge in [-0.2, -0.15) is 0 Å². The number of piperazine rings is 1. The number of hydrogen-bond acceptors (Lipinski definition) is 4. The van der Waals surface area contributed by atoms with Gasteiger partial charge in [0, 0.05) is 36.2 Å². The second kappa shape index (κ2) is 9.50. The topological polar surface area (TPSA) is 44.8 Å². The second-order valence-corrected chi connectivity index (χ2v) is 7.73. The molecule has 0 unspecified atom stereocenters. The normalized spacial score (nSPS) is 15.9. The molecule has 1 fully saturated rings. The van der Waals surface area contributed by atoms with Crippen molar-refractivity contribution in [2.24, 2.45) is 0 Å². The number of para-hydroxylation sites is 2. The lowest BCUT2D eigenvalue weighted by Gasteiger charge is -2.36. The Kier molecular flexibility index (Phi) is 7.05. The van der Waals surface area contributed by atoms with E-state index >= 15 is 0 Å². The first kappa shape index (κ1) is 20.8. The van der Waals surface area contributed by atoms with Crippen molar-refractivity contribution in [2.45, 2.75) is 13.0 Å². The Hall–Kier alpha value is -1.95. The van der Waals surface area contributed by atoms with E-state index < -0.39 is 0 Å². The lowest BCUT2D eigenvalue weighted by atomic mass is 10.1. The molecule has 0 aliphatic carbocycles. The summed E-state index contributed by atoms with van der Waals surface area (Å²) in [5.41, 5.74) is 1.96. The molecule has 28 heavy (non-hydrogen) atoms. The molecule has 2 aromatic carbocycles. The van der Waals surface area contributed by atoms with Crippen molar-refractivity contribution in [3.63, 3.8) is 0 Å². The Balaban J connectivity index is 1.51. The van der Waals surface area contributed by atoms with Crippen LogP contribution >= 0.6 is 23.2 Å². The van der Waals surface area contributed by atoms with Gasteiger partial charge in [0.15, 0.2) is 0 Å². The number of benzene rings is 2. The molecular formula is C21H25Cl2N3O2. The number of halogens is 2. The molecule has 1 atom stereocenters. The summed E-state index contributed by atoms with van der Waals surface area (Å²) in [4.78, 5) is 16.9. The van der Waals surface area contributed by atoms with Gasteiger partial charge in [0.25, 0.3) is 0 Å². The smallest absolute Gasteiger partial charge is 0.234 e. The molecule has 5 nitrogen and oxygen atoms in total. The second-order valence-electron chi connectivity index (χ2n) is 6.89. The average Bonchev–Trinajstić information content (AvgIpc) is 2.68. The van der Waals surface area contributed by atoms with E-state index in [-0.39, 0.29) is 11.9 Å². The van der Waals surface area contributed by atoms with E-state index in [1.807, 2.05) is 31.2 Å². The predicted molar refractivity (Wildman–Crippen MR) is 115 cm³/mol. The Bertz CT molecular complexity index is 823. The third-order valence-electron chi connectivity index (χ3n) is 4.97. The fourth-order valence-corrected chi connectivity index (χ4v) is 4.03. The minimum Gasteiger partial charge on any atom is -0.495 e. The van der Waals surface area contributed by atoms with Crippen molar-refractivity contribution in [2.75, 3.05) is 44.7 Å². The molecule has 2 aromatic rings. The molecule has 1 aliphatic rings. The molecule has 1 amide bonds. The molecule has 0 spiro atoms. The number of hydrogen-bond donors (Lipinski definition) is 1. The monoisotopic (exact) mass is 421 g/mol. The molecule has 7 heteroatoms. The number of ether oxygens (including phenoxy) is 1. The quantitative estimate of drug-likeness (QED) is 0.765. The summed E-state index contributed by atoms with van der Waals surface area (Å²) in [6.45, 7) is 5.64. The number of methoxy groups -OCH3 is 1. The third kappa shape index (κ3) is 5.10. The number of anilines is 1. The van der Waals surface area contributed by atoms with Gasteiger partial charge in [-0.05, 0) is 36.8 Å². The maximum absolute atomic E-state index is 12.5. The first-order valence-electron chi connectivity index (χ1n) is 9.32. The Morgan fingerprint density at radius 2 is 1.86 bits per heavy atom. The maximum Gasteiger partial charge on any atom is 0.234 e. The lowest BCUT2D eigenvalue weighted by Crippen LogP contribution is -2.49. The summed E-state index contributed by atoms with van der Waals surface area (Å²) in [6.07, 6.45) is 0. The van der Waals surface area contributed by atoms with E-state index in [1.54, 1.807) is 19.2 Å². The van der Waals surface area contributed by atoms with Crippen LogP contribution in [-0.2, 0) is 4.79 Å². The number of rotatable bonds is 6. The molecule has 3 rings (SSSR count). The van der Waals surface area contributed by atoms with Gasteiger partial charge in [0.05, 0.1) is 25.4 Å². The Morgan fingerprint density at radius 1 is 1.14 bits per heavy atom. The molecule has 0 radical (unpaired) electrons. The minimum atomic E-state index is -0.174. The summed E-state index contributed by atoms with van der Waals surface area (Å²) >= 11 is 12.2. The van der Waals surface area contributed by atoms with Crippen LogP contribution in [-0.4, -0.2) is 50.6 Å². The highest BCUT2D eigenvalue weighted by atomic mass is 35.5. The largest absolute Gasteiger partial charge is 0.495 e. The van der Waals surface area contributed by atoms with Crippen LogP contribution in [0, 0.1) is 0 Å². The minimum absolute atomic E-state index is 0.00995. The molecule has 0 saturated carbocycles.